The molecular weight excluding hydrogens is 451 g/mol. The van der Waals surface area contributed by atoms with Gasteiger partial charge in [0, 0.05) is 19.6 Å². The van der Waals surface area contributed by atoms with Crippen LogP contribution in [0, 0.1) is 0 Å². The van der Waals surface area contributed by atoms with E-state index in [0.29, 0.717) is 52.6 Å². The van der Waals surface area contributed by atoms with Gasteiger partial charge in [0.25, 0.3) is 5.56 Å². The number of urea groups is 1. The first-order valence-corrected chi connectivity index (χ1v) is 11.7. The molecule has 2 amide bonds. The second-order valence-corrected chi connectivity index (χ2v) is 9.39. The Balaban J connectivity index is 1.24. The minimum absolute atomic E-state index is 0.00229. The fourth-order valence-electron chi connectivity index (χ4n) is 4.50. The van der Waals surface area contributed by atoms with Gasteiger partial charge in [-0.15, -0.1) is 0 Å². The highest BCUT2D eigenvalue weighted by Crippen LogP contribution is 2.30. The van der Waals surface area contributed by atoms with E-state index in [-0.39, 0.29) is 17.5 Å². The number of hydrogen-bond donors (Lipinski definition) is 2. The molecule has 0 unspecified atom stereocenters. The number of H-pyrrole nitrogens is 1. The zero-order valence-corrected chi connectivity index (χ0v) is 19.0. The topological polar surface area (TPSA) is 95.9 Å². The molecule has 0 bridgehead atoms. The van der Waals surface area contributed by atoms with E-state index in [0.717, 1.165) is 18.4 Å². The van der Waals surface area contributed by atoms with Crippen LogP contribution in [0.5, 0.6) is 0 Å². The van der Waals surface area contributed by atoms with Gasteiger partial charge < -0.3 is 15.2 Å². The first-order valence-electron chi connectivity index (χ1n) is 10.9. The smallest absolute Gasteiger partial charge is 0.317 e. The maximum Gasteiger partial charge on any atom is 0.317 e. The number of benzene rings is 1. The van der Waals surface area contributed by atoms with Crippen molar-refractivity contribution in [2.24, 2.45) is 0 Å². The summed E-state index contributed by atoms with van der Waals surface area (Å²) in [6.07, 6.45) is 7.35. The molecule has 1 saturated heterocycles. The lowest BCUT2D eigenvalue weighted by Crippen LogP contribution is -2.53. The molecule has 3 heterocycles. The summed E-state index contributed by atoms with van der Waals surface area (Å²) in [4.78, 5) is 34.4. The van der Waals surface area contributed by atoms with Gasteiger partial charge in [-0.2, -0.15) is 5.10 Å². The number of rotatable bonds is 4. The van der Waals surface area contributed by atoms with Gasteiger partial charge in [0.1, 0.15) is 11.2 Å². The third-order valence-electron chi connectivity index (χ3n) is 6.39. The summed E-state index contributed by atoms with van der Waals surface area (Å²) in [6, 6.07) is 5.41. The van der Waals surface area contributed by atoms with Crippen molar-refractivity contribution < 1.29 is 4.79 Å². The molecule has 0 radical (unpaired) electrons. The predicted octanol–water partition coefficient (Wildman–Crippen LogP) is 4.24. The summed E-state index contributed by atoms with van der Waals surface area (Å²) in [5.41, 5.74) is 1.35. The van der Waals surface area contributed by atoms with Gasteiger partial charge in [-0.05, 0) is 30.5 Å². The molecule has 2 aromatic heterocycles. The number of fused-ring (bicyclic) bond motifs is 1. The number of amides is 2. The van der Waals surface area contributed by atoms with Crippen LogP contribution in [-0.2, 0) is 6.54 Å². The summed E-state index contributed by atoms with van der Waals surface area (Å²) in [6.45, 7) is 1.36. The van der Waals surface area contributed by atoms with E-state index in [2.05, 4.69) is 15.4 Å². The monoisotopic (exact) mass is 474 g/mol. The normalized spacial score (nSPS) is 17.5. The molecule has 2 aliphatic rings. The van der Waals surface area contributed by atoms with Crippen LogP contribution in [0.1, 0.15) is 55.5 Å². The maximum absolute atomic E-state index is 12.6. The Kier molecular flexibility index (Phi) is 5.82. The van der Waals surface area contributed by atoms with Crippen molar-refractivity contribution in [1.82, 2.24) is 30.0 Å². The van der Waals surface area contributed by atoms with E-state index in [1.54, 1.807) is 23.2 Å². The van der Waals surface area contributed by atoms with Crippen molar-refractivity contribution in [2.45, 2.75) is 50.6 Å². The van der Waals surface area contributed by atoms with Crippen LogP contribution in [-0.4, -0.2) is 43.8 Å². The van der Waals surface area contributed by atoms with Crippen molar-refractivity contribution in [3.8, 4) is 0 Å². The molecule has 1 aliphatic carbocycles. The molecule has 1 saturated carbocycles. The molecule has 5 rings (SSSR count). The van der Waals surface area contributed by atoms with E-state index < -0.39 is 0 Å². The van der Waals surface area contributed by atoms with Crippen LogP contribution in [0.2, 0.25) is 10.0 Å². The fourth-order valence-corrected chi connectivity index (χ4v) is 4.82. The van der Waals surface area contributed by atoms with E-state index >= 15 is 0 Å². The van der Waals surface area contributed by atoms with Gasteiger partial charge in [-0.25, -0.2) is 14.5 Å². The molecule has 10 heteroatoms. The van der Waals surface area contributed by atoms with Crippen molar-refractivity contribution in [2.75, 3.05) is 13.1 Å². The van der Waals surface area contributed by atoms with E-state index in [1.807, 2.05) is 10.7 Å². The molecule has 3 aromatic rings. The molecule has 0 spiro atoms. The average Bonchev–Trinajstić information content (AvgIpc) is 3.19. The van der Waals surface area contributed by atoms with Gasteiger partial charge in [0.15, 0.2) is 5.65 Å². The zero-order chi connectivity index (χ0) is 22.2. The first kappa shape index (κ1) is 21.3. The number of carbonyl (C=O) groups is 1. The molecule has 2 fully saturated rings. The standard InChI is InChI=1S/C22H24Cl2N6O2/c23-17-7-6-13(8-18(17)24)9-25-22(32)29-11-14(12-29)19-27-20-16(21(31)28-19)10-26-30(20)15-4-2-1-3-5-15/h6-8,10,14-15H,1-5,9,11-12H2,(H,25,32)(H,27,28,31). The molecule has 1 aromatic carbocycles. The van der Waals surface area contributed by atoms with Gasteiger partial charge >= 0.3 is 6.03 Å². The number of nitrogens with zero attached hydrogens (tertiary/aromatic N) is 4. The van der Waals surface area contributed by atoms with E-state index in [9.17, 15) is 9.59 Å². The number of likely N-dealkylation sites (tertiary alicyclic amines) is 1. The second kappa shape index (κ2) is 8.75. The lowest BCUT2D eigenvalue weighted by molar-refractivity contribution is 0.148. The number of carbonyl (C=O) groups excluding carboxylic acids is 1. The first-order chi connectivity index (χ1) is 15.5. The second-order valence-electron chi connectivity index (χ2n) is 8.58. The molecule has 0 atom stereocenters. The zero-order valence-electron chi connectivity index (χ0n) is 17.5. The summed E-state index contributed by atoms with van der Waals surface area (Å²) in [5, 5.41) is 8.83. The number of aromatic amines is 1. The minimum Gasteiger partial charge on any atom is -0.334 e. The Labute approximate surface area is 194 Å². The molecule has 32 heavy (non-hydrogen) atoms. The molecule has 8 nitrogen and oxygen atoms in total. The van der Waals surface area contributed by atoms with Crippen LogP contribution in [0.3, 0.4) is 0 Å². The average molecular weight is 475 g/mol. The third kappa shape index (κ3) is 4.09. The Morgan fingerprint density at radius 1 is 1.16 bits per heavy atom. The van der Waals surface area contributed by atoms with E-state index in [1.165, 1.54) is 19.3 Å². The lowest BCUT2D eigenvalue weighted by atomic mass is 9.96. The highest BCUT2D eigenvalue weighted by Gasteiger charge is 2.34. The van der Waals surface area contributed by atoms with Crippen LogP contribution in [0.25, 0.3) is 11.0 Å². The maximum atomic E-state index is 12.6. The summed E-state index contributed by atoms with van der Waals surface area (Å²) in [7, 11) is 0. The Hall–Kier alpha value is -2.58. The van der Waals surface area contributed by atoms with Crippen LogP contribution < -0.4 is 10.9 Å². The van der Waals surface area contributed by atoms with Crippen LogP contribution in [0.4, 0.5) is 4.79 Å². The van der Waals surface area contributed by atoms with Crippen molar-refractivity contribution in [3.05, 3.63) is 56.2 Å². The summed E-state index contributed by atoms with van der Waals surface area (Å²) in [5.74, 6) is 0.617. The predicted molar refractivity (Wildman–Crippen MR) is 123 cm³/mol. The Morgan fingerprint density at radius 2 is 1.94 bits per heavy atom. The van der Waals surface area contributed by atoms with E-state index in [4.69, 9.17) is 28.2 Å². The Morgan fingerprint density at radius 3 is 2.69 bits per heavy atom. The highest BCUT2D eigenvalue weighted by molar-refractivity contribution is 6.42. The molecule has 1 aliphatic heterocycles. The molecule has 2 N–H and O–H groups in total. The number of aromatic nitrogens is 4. The van der Waals surface area contributed by atoms with Crippen LogP contribution >= 0.6 is 23.2 Å². The minimum atomic E-state index is -0.172. The number of halogens is 2. The fraction of sp³-hybridized carbons (Fsp3) is 0.455. The third-order valence-corrected chi connectivity index (χ3v) is 7.12. The lowest BCUT2D eigenvalue weighted by Gasteiger charge is -2.38. The summed E-state index contributed by atoms with van der Waals surface area (Å²) >= 11 is 12.0. The largest absolute Gasteiger partial charge is 0.334 e. The SMILES string of the molecule is O=C(NCc1ccc(Cl)c(Cl)c1)N1CC(c2nc3c(cnn3C3CCCCC3)c(=O)[nH]2)C1. The van der Waals surface area contributed by atoms with Crippen molar-refractivity contribution in [3.63, 3.8) is 0 Å². The van der Waals surface area contributed by atoms with Gasteiger partial charge in [0.05, 0.1) is 28.2 Å². The quantitative estimate of drug-likeness (QED) is 0.590. The Bertz CT molecular complexity index is 1210. The van der Waals surface area contributed by atoms with Gasteiger partial charge in [0.2, 0.25) is 0 Å². The highest BCUT2D eigenvalue weighted by atomic mass is 35.5. The van der Waals surface area contributed by atoms with Crippen LogP contribution in [0.15, 0.2) is 29.2 Å². The molecule has 168 valence electrons. The molecular formula is C22H24Cl2N6O2. The number of hydrogen-bond acceptors (Lipinski definition) is 4. The van der Waals surface area contributed by atoms with Crippen molar-refractivity contribution >= 4 is 40.3 Å². The summed E-state index contributed by atoms with van der Waals surface area (Å²) < 4.78 is 1.92. The van der Waals surface area contributed by atoms with Gasteiger partial charge in [-0.1, -0.05) is 48.5 Å². The van der Waals surface area contributed by atoms with Gasteiger partial charge in [-0.3, -0.25) is 4.79 Å². The number of nitrogens with one attached hydrogen (secondary N) is 2. The van der Waals surface area contributed by atoms with Crippen molar-refractivity contribution in [1.29, 1.82) is 0 Å².